The van der Waals surface area contributed by atoms with Gasteiger partial charge in [0.05, 0.1) is 0 Å². The van der Waals surface area contributed by atoms with Crippen LogP contribution in [0.1, 0.15) is 13.8 Å². The highest BCUT2D eigenvalue weighted by Crippen LogP contribution is 2.26. The van der Waals surface area contributed by atoms with Crippen molar-refractivity contribution in [3.63, 3.8) is 0 Å². The smallest absolute Gasteiger partial charge is 0.303 e. The standard InChI is InChI=1S/C4H6.2H3O4P/c1-3-4-2;2*1-5(2,3)4/h1-2H3;2*(H3,1,2,3,4). The van der Waals surface area contributed by atoms with Crippen LogP contribution in [0, 0.1) is 11.8 Å². The second-order valence-electron chi connectivity index (χ2n) is 1.53. The van der Waals surface area contributed by atoms with Gasteiger partial charge in [0, 0.05) is 0 Å². The van der Waals surface area contributed by atoms with Crippen molar-refractivity contribution < 1.29 is 38.5 Å². The Balaban J connectivity index is -0.000000131. The van der Waals surface area contributed by atoms with Crippen molar-refractivity contribution in [2.45, 2.75) is 13.8 Å². The van der Waals surface area contributed by atoms with Crippen LogP contribution in [0.2, 0.25) is 0 Å². The molecule has 0 aromatic heterocycles. The van der Waals surface area contributed by atoms with E-state index in [1.54, 1.807) is 0 Å². The van der Waals surface area contributed by atoms with E-state index in [0.29, 0.717) is 0 Å². The zero-order valence-electron chi connectivity index (χ0n) is 7.39. The third-order valence-corrected chi connectivity index (χ3v) is 0.250. The molecule has 86 valence electrons. The highest BCUT2D eigenvalue weighted by atomic mass is 31.2. The minimum atomic E-state index is -4.64. The predicted molar refractivity (Wildman–Crippen MR) is 47.6 cm³/mol. The molecule has 0 unspecified atom stereocenters. The highest BCUT2D eigenvalue weighted by Gasteiger charge is 2.00. The third kappa shape index (κ3) is 2250. The van der Waals surface area contributed by atoms with Crippen LogP contribution in [-0.4, -0.2) is 29.4 Å². The van der Waals surface area contributed by atoms with Gasteiger partial charge >= 0.3 is 15.6 Å². The molecule has 0 aliphatic heterocycles. The summed E-state index contributed by atoms with van der Waals surface area (Å²) in [5.41, 5.74) is 0. The van der Waals surface area contributed by atoms with Crippen molar-refractivity contribution in [2.24, 2.45) is 0 Å². The molecule has 14 heavy (non-hydrogen) atoms. The lowest BCUT2D eigenvalue weighted by Crippen LogP contribution is -1.66. The zero-order chi connectivity index (χ0) is 12.4. The average molecular weight is 250 g/mol. The molecule has 0 aromatic carbocycles. The fraction of sp³-hybridized carbons (Fsp3) is 0.500. The molecule has 6 N–H and O–H groups in total. The van der Waals surface area contributed by atoms with Crippen LogP contribution in [0.5, 0.6) is 0 Å². The summed E-state index contributed by atoms with van der Waals surface area (Å²) in [6.45, 7) is 3.64. The van der Waals surface area contributed by atoms with E-state index in [2.05, 4.69) is 11.8 Å². The van der Waals surface area contributed by atoms with Crippen LogP contribution in [0.3, 0.4) is 0 Å². The van der Waals surface area contributed by atoms with E-state index in [-0.39, 0.29) is 0 Å². The molecule has 0 radical (unpaired) electrons. The average Bonchev–Trinajstić information content (AvgIpc) is 1.79. The monoisotopic (exact) mass is 250 g/mol. The van der Waals surface area contributed by atoms with Gasteiger partial charge in [0.2, 0.25) is 0 Å². The summed E-state index contributed by atoms with van der Waals surface area (Å²) in [5.74, 6) is 5.36. The Bertz CT molecular complexity index is 220. The van der Waals surface area contributed by atoms with E-state index in [0.717, 1.165) is 0 Å². The van der Waals surface area contributed by atoms with E-state index in [4.69, 9.17) is 38.5 Å². The highest BCUT2D eigenvalue weighted by molar-refractivity contribution is 7.45. The molecule has 0 saturated carbocycles. The molecule has 0 aliphatic rings. The number of phosphoric acid groups is 2. The van der Waals surface area contributed by atoms with Gasteiger partial charge < -0.3 is 29.4 Å². The van der Waals surface area contributed by atoms with Crippen LogP contribution in [0.15, 0.2) is 0 Å². The second kappa shape index (κ2) is 9.34. The first-order chi connectivity index (χ1) is 5.91. The van der Waals surface area contributed by atoms with Gasteiger partial charge in [-0.1, -0.05) is 0 Å². The van der Waals surface area contributed by atoms with Crippen LogP contribution >= 0.6 is 15.6 Å². The lowest BCUT2D eigenvalue weighted by Gasteiger charge is -1.82. The number of hydrogen-bond donors (Lipinski definition) is 6. The fourth-order valence-corrected chi connectivity index (χ4v) is 0. The Hall–Kier alpha value is -0.220. The quantitative estimate of drug-likeness (QED) is 0.240. The normalized spacial score (nSPS) is 9.43. The summed E-state index contributed by atoms with van der Waals surface area (Å²) in [7, 11) is -9.28. The number of hydrogen-bond acceptors (Lipinski definition) is 2. The lowest BCUT2D eigenvalue weighted by molar-refractivity contribution is 0.272. The van der Waals surface area contributed by atoms with Crippen LogP contribution in [0.4, 0.5) is 0 Å². The van der Waals surface area contributed by atoms with Crippen molar-refractivity contribution in [2.75, 3.05) is 0 Å². The maximum atomic E-state index is 8.88. The van der Waals surface area contributed by atoms with Gasteiger partial charge in [0.1, 0.15) is 0 Å². The van der Waals surface area contributed by atoms with Gasteiger partial charge in [0.15, 0.2) is 0 Å². The van der Waals surface area contributed by atoms with Crippen molar-refractivity contribution in [1.29, 1.82) is 0 Å². The Morgan fingerprint density at radius 1 is 0.714 bits per heavy atom. The maximum absolute atomic E-state index is 8.88. The summed E-state index contributed by atoms with van der Waals surface area (Å²) < 4.78 is 17.8. The molecule has 0 heterocycles. The first-order valence-electron chi connectivity index (χ1n) is 2.82. The summed E-state index contributed by atoms with van der Waals surface area (Å²) >= 11 is 0. The molecule has 0 rings (SSSR count). The van der Waals surface area contributed by atoms with Crippen molar-refractivity contribution in [3.8, 4) is 11.8 Å². The summed E-state index contributed by atoms with van der Waals surface area (Å²) in [6, 6.07) is 0. The van der Waals surface area contributed by atoms with Gasteiger partial charge in [-0.25, -0.2) is 9.13 Å². The molecule has 8 nitrogen and oxygen atoms in total. The third-order valence-electron chi connectivity index (χ3n) is 0.250. The van der Waals surface area contributed by atoms with E-state index in [9.17, 15) is 0 Å². The Kier molecular flexibility index (Phi) is 12.9. The summed E-state index contributed by atoms with van der Waals surface area (Å²) in [6.07, 6.45) is 0. The molecule has 0 aliphatic carbocycles. The largest absolute Gasteiger partial charge is 0.466 e. The zero-order valence-corrected chi connectivity index (χ0v) is 9.18. The topological polar surface area (TPSA) is 156 Å². The Morgan fingerprint density at radius 3 is 0.786 bits per heavy atom. The number of rotatable bonds is 0. The molecule has 0 aromatic rings. The van der Waals surface area contributed by atoms with Gasteiger partial charge in [-0.3, -0.25) is 0 Å². The molecular weight excluding hydrogens is 238 g/mol. The maximum Gasteiger partial charge on any atom is 0.466 e. The Labute approximate surface area is 80.7 Å². The van der Waals surface area contributed by atoms with Gasteiger partial charge in [-0.05, 0) is 13.8 Å². The summed E-state index contributed by atoms with van der Waals surface area (Å²) in [4.78, 5) is 43.1. The van der Waals surface area contributed by atoms with Gasteiger partial charge in [-0.2, -0.15) is 0 Å². The molecule has 0 amide bonds. The van der Waals surface area contributed by atoms with Crippen LogP contribution < -0.4 is 0 Å². The van der Waals surface area contributed by atoms with E-state index in [1.807, 2.05) is 13.8 Å². The SMILES string of the molecule is CC#CC.O=P(O)(O)O.O=P(O)(O)O. The van der Waals surface area contributed by atoms with Crippen LogP contribution in [0.25, 0.3) is 0 Å². The molecular formula is C4H12O8P2. The van der Waals surface area contributed by atoms with E-state index < -0.39 is 15.6 Å². The molecule has 0 spiro atoms. The lowest BCUT2D eigenvalue weighted by atomic mass is 10.7. The Morgan fingerprint density at radius 2 is 0.786 bits per heavy atom. The molecule has 10 heteroatoms. The van der Waals surface area contributed by atoms with Gasteiger partial charge in [-0.15, -0.1) is 11.8 Å². The van der Waals surface area contributed by atoms with Gasteiger partial charge in [0.25, 0.3) is 0 Å². The van der Waals surface area contributed by atoms with Crippen molar-refractivity contribution >= 4 is 15.6 Å². The molecule has 0 fully saturated rings. The van der Waals surface area contributed by atoms with Crippen molar-refractivity contribution in [3.05, 3.63) is 0 Å². The minimum absolute atomic E-state index is 1.82. The molecule has 0 saturated heterocycles. The van der Waals surface area contributed by atoms with Crippen LogP contribution in [-0.2, 0) is 9.13 Å². The molecule has 0 bridgehead atoms. The van der Waals surface area contributed by atoms with E-state index >= 15 is 0 Å². The van der Waals surface area contributed by atoms with E-state index in [1.165, 1.54) is 0 Å². The predicted octanol–water partition coefficient (Wildman–Crippen LogP) is -0.828. The molecule has 0 atom stereocenters. The minimum Gasteiger partial charge on any atom is -0.303 e. The first kappa shape index (κ1) is 19.4. The first-order valence-corrected chi connectivity index (χ1v) is 5.95. The second-order valence-corrected chi connectivity index (χ2v) is 3.58. The van der Waals surface area contributed by atoms with Crippen molar-refractivity contribution in [1.82, 2.24) is 0 Å². The fourth-order valence-electron chi connectivity index (χ4n) is 0. The summed E-state index contributed by atoms with van der Waals surface area (Å²) in [5, 5.41) is 0.